The minimum Gasteiger partial charge on any atom is -0.504 e. The molecule has 0 heterocycles. The third-order valence-electron chi connectivity index (χ3n) is 3.47. The summed E-state index contributed by atoms with van der Waals surface area (Å²) in [6, 6.07) is 8.40. The quantitative estimate of drug-likeness (QED) is 0.766. The van der Waals surface area contributed by atoms with Gasteiger partial charge in [0.2, 0.25) is 9.84 Å². The van der Waals surface area contributed by atoms with Crippen molar-refractivity contribution in [3.05, 3.63) is 58.5 Å². The van der Waals surface area contributed by atoms with Gasteiger partial charge in [-0.2, -0.15) is 18.4 Å². The van der Waals surface area contributed by atoms with Gasteiger partial charge in [-0.3, -0.25) is 0 Å². The van der Waals surface area contributed by atoms with Crippen LogP contribution >= 0.6 is 0 Å². The smallest absolute Gasteiger partial charge is 0.416 e. The van der Waals surface area contributed by atoms with Crippen LogP contribution in [0, 0.1) is 11.3 Å². The van der Waals surface area contributed by atoms with E-state index in [-0.39, 0.29) is 23.7 Å². The molecule has 1 N–H and O–H groups in total. The molecule has 142 valence electrons. The van der Waals surface area contributed by atoms with Crippen LogP contribution in [-0.4, -0.2) is 20.1 Å². The predicted molar refractivity (Wildman–Crippen MR) is 91.5 cm³/mol. The number of hydrogen-bond donors (Lipinski definition) is 1. The Morgan fingerprint density at radius 2 is 1.85 bits per heavy atom. The zero-order valence-corrected chi connectivity index (χ0v) is 14.8. The summed E-state index contributed by atoms with van der Waals surface area (Å²) in [6.45, 7) is 1.95. The second kappa shape index (κ2) is 7.72. The number of nitrogens with zero attached hydrogens (tertiary/aromatic N) is 1. The molecule has 0 unspecified atom stereocenters. The van der Waals surface area contributed by atoms with Crippen LogP contribution in [0.15, 0.2) is 52.3 Å². The van der Waals surface area contributed by atoms with Gasteiger partial charge in [0.05, 0.1) is 17.1 Å². The summed E-state index contributed by atoms with van der Waals surface area (Å²) in [5.41, 5.74) is -0.730. The van der Waals surface area contributed by atoms with Crippen LogP contribution < -0.4 is 4.74 Å². The first-order valence-electron chi connectivity index (χ1n) is 7.59. The van der Waals surface area contributed by atoms with Crippen LogP contribution in [0.4, 0.5) is 13.2 Å². The van der Waals surface area contributed by atoms with Gasteiger partial charge in [0.25, 0.3) is 0 Å². The normalized spacial score (nSPS) is 12.5. The lowest BCUT2D eigenvalue weighted by Gasteiger charge is -2.09. The maximum absolute atomic E-state index is 12.6. The fourth-order valence-electron chi connectivity index (χ4n) is 2.16. The molecule has 2 aromatic carbocycles. The molecule has 5 nitrogen and oxygen atoms in total. The molecule has 0 aliphatic carbocycles. The summed E-state index contributed by atoms with van der Waals surface area (Å²) in [5, 5.41) is 18.9. The summed E-state index contributed by atoms with van der Waals surface area (Å²) in [4.78, 5) is -1.09. The van der Waals surface area contributed by atoms with Gasteiger partial charge in [0.1, 0.15) is 11.0 Å². The van der Waals surface area contributed by atoms with Gasteiger partial charge in [-0.1, -0.05) is 6.07 Å². The maximum Gasteiger partial charge on any atom is 0.416 e. The van der Waals surface area contributed by atoms with Crippen molar-refractivity contribution in [2.45, 2.75) is 18.0 Å². The van der Waals surface area contributed by atoms with Gasteiger partial charge in [-0.25, -0.2) is 8.42 Å². The van der Waals surface area contributed by atoms with Crippen molar-refractivity contribution >= 4 is 15.9 Å². The molecule has 0 saturated heterocycles. The molecule has 0 radical (unpaired) electrons. The zero-order chi connectivity index (χ0) is 20.2. The molecule has 2 aromatic rings. The number of benzene rings is 2. The fourth-order valence-corrected chi connectivity index (χ4v) is 3.32. The Bertz CT molecular complexity index is 1000. The Morgan fingerprint density at radius 1 is 1.22 bits per heavy atom. The van der Waals surface area contributed by atoms with Crippen molar-refractivity contribution in [2.75, 3.05) is 6.61 Å². The van der Waals surface area contributed by atoms with Gasteiger partial charge >= 0.3 is 6.18 Å². The average molecular weight is 397 g/mol. The van der Waals surface area contributed by atoms with Crippen LogP contribution in [0.1, 0.15) is 18.1 Å². The highest BCUT2D eigenvalue weighted by atomic mass is 32.2. The number of alkyl halides is 3. The Hall–Kier alpha value is -2.99. The number of sulfone groups is 1. The van der Waals surface area contributed by atoms with Crippen molar-refractivity contribution in [1.29, 1.82) is 5.26 Å². The zero-order valence-electron chi connectivity index (χ0n) is 14.0. The molecule has 0 fully saturated rings. The second-order valence-corrected chi connectivity index (χ2v) is 7.22. The molecule has 0 amide bonds. The third kappa shape index (κ3) is 4.60. The molecule has 0 saturated carbocycles. The first-order chi connectivity index (χ1) is 12.6. The van der Waals surface area contributed by atoms with Gasteiger partial charge in [0, 0.05) is 0 Å². The summed E-state index contributed by atoms with van der Waals surface area (Å²) < 4.78 is 68.1. The Morgan fingerprint density at radius 3 is 2.37 bits per heavy atom. The lowest BCUT2D eigenvalue weighted by atomic mass is 10.2. The molecule has 0 aliphatic rings. The van der Waals surface area contributed by atoms with E-state index in [9.17, 15) is 32.0 Å². The standard InChI is InChI=1S/C18H14F3NO4S/c1-2-26-17-10-12(3-8-16(17)23)9-15(11-22)27(24,25)14-6-4-13(5-7-14)18(19,20)21/h3-10,23H,2H2,1H3/b15-9-. The largest absolute Gasteiger partial charge is 0.504 e. The number of halogens is 3. The Labute approximate surface area is 153 Å². The number of ether oxygens (including phenoxy) is 1. The first kappa shape index (κ1) is 20.3. The van der Waals surface area contributed by atoms with Gasteiger partial charge in [-0.15, -0.1) is 0 Å². The molecule has 0 bridgehead atoms. The number of phenols is 1. The topological polar surface area (TPSA) is 87.4 Å². The molecule has 0 aliphatic heterocycles. The number of hydrogen-bond acceptors (Lipinski definition) is 5. The van der Waals surface area contributed by atoms with Crippen LogP contribution in [-0.2, 0) is 16.0 Å². The van der Waals surface area contributed by atoms with E-state index in [2.05, 4.69) is 0 Å². The van der Waals surface area contributed by atoms with Crippen LogP contribution in [0.2, 0.25) is 0 Å². The van der Waals surface area contributed by atoms with E-state index in [0.29, 0.717) is 12.1 Å². The average Bonchev–Trinajstić information content (AvgIpc) is 2.61. The summed E-state index contributed by atoms with van der Waals surface area (Å²) in [6.07, 6.45) is -3.55. The van der Waals surface area contributed by atoms with Gasteiger partial charge in [-0.05, 0) is 55.0 Å². The Balaban J connectivity index is 2.45. The molecule has 2 rings (SSSR count). The van der Waals surface area contributed by atoms with Crippen molar-refractivity contribution < 1.29 is 31.4 Å². The summed E-state index contributed by atoms with van der Waals surface area (Å²) >= 11 is 0. The number of rotatable bonds is 5. The highest BCUT2D eigenvalue weighted by Gasteiger charge is 2.31. The predicted octanol–water partition coefficient (Wildman–Crippen LogP) is 4.15. The minimum atomic E-state index is -4.60. The molecular formula is C18H14F3NO4S. The highest BCUT2D eigenvalue weighted by molar-refractivity contribution is 7.95. The van der Waals surface area contributed by atoms with E-state index < -0.39 is 31.4 Å². The monoisotopic (exact) mass is 397 g/mol. The third-order valence-corrected chi connectivity index (χ3v) is 5.15. The molecule has 0 aromatic heterocycles. The first-order valence-corrected chi connectivity index (χ1v) is 9.08. The lowest BCUT2D eigenvalue weighted by molar-refractivity contribution is -0.137. The molecule has 0 atom stereocenters. The fraction of sp³-hybridized carbons (Fsp3) is 0.167. The number of nitriles is 1. The van der Waals surface area contributed by atoms with Gasteiger partial charge < -0.3 is 9.84 Å². The molecule has 27 heavy (non-hydrogen) atoms. The van der Waals surface area contributed by atoms with Crippen LogP contribution in [0.5, 0.6) is 11.5 Å². The van der Waals surface area contributed by atoms with E-state index in [4.69, 9.17) is 4.74 Å². The van der Waals surface area contributed by atoms with Gasteiger partial charge in [0.15, 0.2) is 11.5 Å². The van der Waals surface area contributed by atoms with Crippen molar-refractivity contribution in [3.63, 3.8) is 0 Å². The summed E-state index contributed by atoms with van der Waals surface area (Å²) in [7, 11) is -4.32. The van der Waals surface area contributed by atoms with Crippen LogP contribution in [0.3, 0.4) is 0 Å². The van der Waals surface area contributed by atoms with Crippen LogP contribution in [0.25, 0.3) is 6.08 Å². The molecular weight excluding hydrogens is 383 g/mol. The number of phenolic OH excluding ortho intramolecular Hbond substituents is 1. The number of aromatic hydroxyl groups is 1. The van der Waals surface area contributed by atoms with E-state index >= 15 is 0 Å². The minimum absolute atomic E-state index is 0.107. The van der Waals surface area contributed by atoms with E-state index in [1.165, 1.54) is 18.2 Å². The SMILES string of the molecule is CCOc1cc(/C=C(/C#N)S(=O)(=O)c2ccc(C(F)(F)F)cc2)ccc1O. The lowest BCUT2D eigenvalue weighted by Crippen LogP contribution is -2.07. The van der Waals surface area contributed by atoms with E-state index in [1.807, 2.05) is 0 Å². The molecule has 9 heteroatoms. The van der Waals surface area contributed by atoms with Crippen molar-refractivity contribution in [2.24, 2.45) is 0 Å². The highest BCUT2D eigenvalue weighted by Crippen LogP contribution is 2.32. The van der Waals surface area contributed by atoms with E-state index in [0.717, 1.165) is 18.2 Å². The maximum atomic E-state index is 12.6. The second-order valence-electron chi connectivity index (χ2n) is 5.31. The van der Waals surface area contributed by atoms with Crippen molar-refractivity contribution in [3.8, 4) is 17.6 Å². The Kier molecular flexibility index (Phi) is 5.81. The van der Waals surface area contributed by atoms with E-state index in [1.54, 1.807) is 13.0 Å². The summed E-state index contributed by atoms with van der Waals surface area (Å²) in [5.74, 6) is -0.0476. The van der Waals surface area contributed by atoms with Crippen molar-refractivity contribution in [1.82, 2.24) is 0 Å². The number of allylic oxidation sites excluding steroid dienone is 1. The molecule has 0 spiro atoms.